The largest absolute Gasteiger partial charge is 0.495 e. The smallest absolute Gasteiger partial charge is 0.294 e. The highest BCUT2D eigenvalue weighted by atomic mass is 32.2. The van der Waals surface area contributed by atoms with Gasteiger partial charge in [0.05, 0.1) is 30.5 Å². The molecule has 184 valence electrons. The first kappa shape index (κ1) is 24.6. The molecule has 0 aliphatic carbocycles. The van der Waals surface area contributed by atoms with Crippen molar-refractivity contribution >= 4 is 32.3 Å². The molecule has 0 saturated carbocycles. The van der Waals surface area contributed by atoms with Crippen LogP contribution in [-0.4, -0.2) is 27.2 Å². The van der Waals surface area contributed by atoms with Gasteiger partial charge in [0, 0.05) is 10.8 Å². The van der Waals surface area contributed by atoms with Gasteiger partial charge in [0.2, 0.25) is 0 Å². The average molecular weight is 509 g/mol. The normalized spacial score (nSPS) is 12.5. The number of hydrogen-bond donors (Lipinski definition) is 3. The number of nitrogens with zero attached hydrogens (tertiary/aromatic N) is 2. The molecule has 0 spiro atoms. The lowest BCUT2D eigenvalue weighted by molar-refractivity contribution is 0.416. The highest BCUT2D eigenvalue weighted by molar-refractivity contribution is 7.85. The molecule has 0 aromatic heterocycles. The van der Waals surface area contributed by atoms with Crippen LogP contribution in [0.2, 0.25) is 0 Å². The molecule has 0 aliphatic rings. The van der Waals surface area contributed by atoms with E-state index < -0.39 is 25.9 Å². The van der Waals surface area contributed by atoms with Gasteiger partial charge in [-0.3, -0.25) is 25.0 Å². The van der Waals surface area contributed by atoms with E-state index in [1.165, 1.54) is 20.3 Å². The third-order valence-electron chi connectivity index (χ3n) is 5.23. The van der Waals surface area contributed by atoms with E-state index in [9.17, 15) is 22.6 Å². The second-order valence-corrected chi connectivity index (χ2v) is 8.81. The summed E-state index contributed by atoms with van der Waals surface area (Å²) in [6.45, 7) is 0. The third kappa shape index (κ3) is 4.80. The van der Waals surface area contributed by atoms with E-state index in [2.05, 4.69) is 21.1 Å². The molecule has 0 radical (unpaired) electrons. The predicted molar refractivity (Wildman–Crippen MR) is 133 cm³/mol. The summed E-state index contributed by atoms with van der Waals surface area (Å²) >= 11 is 0. The van der Waals surface area contributed by atoms with Crippen LogP contribution in [-0.2, 0) is 10.1 Å². The molecule has 11 nitrogen and oxygen atoms in total. The molecule has 3 N–H and O–H groups in total. The second kappa shape index (κ2) is 9.98. The third-order valence-corrected chi connectivity index (χ3v) is 6.08. The quantitative estimate of drug-likeness (QED) is 0.191. The molecular formula is C24H20N4O7S. The van der Waals surface area contributed by atoms with Crippen LogP contribution in [0.3, 0.4) is 0 Å². The fourth-order valence-electron chi connectivity index (χ4n) is 3.47. The molecule has 0 bridgehead atoms. The first-order chi connectivity index (χ1) is 17.2. The van der Waals surface area contributed by atoms with Crippen molar-refractivity contribution in [1.82, 2.24) is 0 Å². The summed E-state index contributed by atoms with van der Waals surface area (Å²) in [6.07, 6.45) is 0. The van der Waals surface area contributed by atoms with Gasteiger partial charge in [-0.25, -0.2) is 0 Å². The number of rotatable bonds is 7. The Balaban J connectivity index is 1.99. The maximum absolute atomic E-state index is 13.1. The monoisotopic (exact) mass is 508 g/mol. The Morgan fingerprint density at radius 1 is 0.722 bits per heavy atom. The molecule has 0 heterocycles. The van der Waals surface area contributed by atoms with Crippen molar-refractivity contribution in [3.8, 4) is 11.5 Å². The number of fused-ring (bicyclic) bond motifs is 1. The minimum Gasteiger partial charge on any atom is -0.495 e. The summed E-state index contributed by atoms with van der Waals surface area (Å²) < 4.78 is 43.6. The molecular weight excluding hydrogens is 488 g/mol. The van der Waals surface area contributed by atoms with Gasteiger partial charge in [-0.05, 0) is 36.4 Å². The van der Waals surface area contributed by atoms with Gasteiger partial charge >= 0.3 is 0 Å². The van der Waals surface area contributed by atoms with Crippen molar-refractivity contribution in [3.05, 3.63) is 97.9 Å². The van der Waals surface area contributed by atoms with E-state index in [0.717, 1.165) is 12.1 Å². The van der Waals surface area contributed by atoms with Gasteiger partial charge in [0.15, 0.2) is 0 Å². The zero-order valence-electron chi connectivity index (χ0n) is 19.1. The fraction of sp³-hybridized carbons (Fsp3) is 0.0833. The zero-order chi connectivity index (χ0) is 25.9. The molecule has 0 amide bonds. The summed E-state index contributed by atoms with van der Waals surface area (Å²) in [5.74, 6) is 0.869. The Hall–Kier alpha value is -4.55. The zero-order valence-corrected chi connectivity index (χ0v) is 19.9. The van der Waals surface area contributed by atoms with E-state index in [4.69, 9.17) is 9.47 Å². The Morgan fingerprint density at radius 2 is 1.19 bits per heavy atom. The van der Waals surface area contributed by atoms with Crippen molar-refractivity contribution in [2.24, 2.45) is 10.2 Å². The van der Waals surface area contributed by atoms with Gasteiger partial charge in [-0.1, -0.05) is 30.3 Å². The number of benzene rings is 4. The van der Waals surface area contributed by atoms with E-state index in [1.54, 1.807) is 48.5 Å². The van der Waals surface area contributed by atoms with Crippen LogP contribution >= 0.6 is 0 Å². The number of para-hydroxylation sites is 4. The number of hydrogen-bond acceptors (Lipinski definition) is 10. The lowest BCUT2D eigenvalue weighted by atomic mass is 10.1. The van der Waals surface area contributed by atoms with Crippen molar-refractivity contribution in [1.29, 1.82) is 0 Å². The number of ether oxygens (including phenoxy) is 2. The van der Waals surface area contributed by atoms with E-state index >= 15 is 0 Å². The molecule has 4 aromatic rings. The number of nitrogens with one attached hydrogen (secondary N) is 2. The van der Waals surface area contributed by atoms with Crippen molar-refractivity contribution in [2.45, 2.75) is 4.90 Å². The van der Waals surface area contributed by atoms with Gasteiger partial charge in [0.1, 0.15) is 22.2 Å². The molecule has 12 heteroatoms. The molecule has 36 heavy (non-hydrogen) atoms. The maximum atomic E-state index is 13.1. The molecule has 0 atom stereocenters. The molecule has 4 rings (SSSR count). The first-order valence-corrected chi connectivity index (χ1v) is 11.8. The second-order valence-electron chi connectivity index (χ2n) is 7.39. The average Bonchev–Trinajstić information content (AvgIpc) is 2.88. The Morgan fingerprint density at radius 3 is 1.67 bits per heavy atom. The van der Waals surface area contributed by atoms with Gasteiger partial charge in [-0.15, -0.1) is 0 Å². The molecule has 0 saturated heterocycles. The lowest BCUT2D eigenvalue weighted by Crippen LogP contribution is -2.48. The van der Waals surface area contributed by atoms with E-state index in [0.29, 0.717) is 22.9 Å². The van der Waals surface area contributed by atoms with Crippen LogP contribution in [0.4, 0.5) is 11.4 Å². The van der Waals surface area contributed by atoms with Gasteiger partial charge < -0.3 is 9.47 Å². The van der Waals surface area contributed by atoms with Gasteiger partial charge in [0.25, 0.3) is 21.0 Å². The molecule has 0 aliphatic heterocycles. The van der Waals surface area contributed by atoms with Crippen molar-refractivity contribution < 1.29 is 22.4 Å². The van der Waals surface area contributed by atoms with Crippen molar-refractivity contribution in [3.63, 3.8) is 0 Å². The highest BCUT2D eigenvalue weighted by Gasteiger charge is 2.16. The first-order valence-electron chi connectivity index (χ1n) is 10.4. The predicted octanol–water partition coefficient (Wildman–Crippen LogP) is 1.56. The van der Waals surface area contributed by atoms with E-state index in [-0.39, 0.29) is 21.5 Å². The van der Waals surface area contributed by atoms with Gasteiger partial charge in [-0.2, -0.15) is 18.6 Å². The minimum atomic E-state index is -4.61. The minimum absolute atomic E-state index is 0.0160. The molecule has 0 unspecified atom stereocenters. The van der Waals surface area contributed by atoms with Crippen LogP contribution in [0.1, 0.15) is 0 Å². The summed E-state index contributed by atoms with van der Waals surface area (Å²) in [6, 6.07) is 17.0. The molecule has 0 fully saturated rings. The Bertz CT molecular complexity index is 1790. The highest BCUT2D eigenvalue weighted by Crippen LogP contribution is 2.23. The summed E-state index contributed by atoms with van der Waals surface area (Å²) in [5.41, 5.74) is 4.22. The standard InChI is InChI=1S/C24H20N4O7S/c1-34-19-9-5-3-7-17(19)25-27-21-15-12-11-14(36(31,32)33)13-16(15)22(24(30)23(21)29)28-26-18-8-4-6-10-20(18)35-2/h3-13,25-26H,1-2H3,(H,31,32,33)/b27-21+,28-22-. The number of anilines is 2. The van der Waals surface area contributed by atoms with Crippen molar-refractivity contribution in [2.75, 3.05) is 25.1 Å². The lowest BCUT2D eigenvalue weighted by Gasteiger charge is -2.08. The van der Waals surface area contributed by atoms with Crippen LogP contribution in [0.25, 0.3) is 10.8 Å². The Labute approximate surface area is 204 Å². The fourth-order valence-corrected chi connectivity index (χ4v) is 3.98. The van der Waals surface area contributed by atoms with Crippen LogP contribution in [0, 0.1) is 0 Å². The maximum Gasteiger partial charge on any atom is 0.294 e. The van der Waals surface area contributed by atoms with Crippen LogP contribution < -0.4 is 41.9 Å². The summed E-state index contributed by atoms with van der Waals surface area (Å²) in [5, 5.41) is 7.69. The summed E-state index contributed by atoms with van der Waals surface area (Å²) in [7, 11) is -1.70. The number of methoxy groups -OCH3 is 2. The summed E-state index contributed by atoms with van der Waals surface area (Å²) in [4.78, 5) is 25.6. The topological polar surface area (TPSA) is 156 Å². The SMILES string of the molecule is COc1ccccc1N/N=c1\c(=O)c(=O)/c(=N/Nc2ccccc2OC)c2ccc(S(=O)(=O)O)cc12. The van der Waals surface area contributed by atoms with E-state index in [1.807, 2.05) is 0 Å². The Kier molecular flexibility index (Phi) is 6.81. The van der Waals surface area contributed by atoms with Crippen LogP contribution in [0.5, 0.6) is 11.5 Å². The molecule has 4 aromatic carbocycles. The van der Waals surface area contributed by atoms with Crippen LogP contribution in [0.15, 0.2) is 91.4 Å².